The fraction of sp³-hybridized carbons (Fsp3) is 0.136. The molecule has 0 bridgehead atoms. The largest absolute Gasteiger partial charge is 0.309 e. The molecule has 0 amide bonds. The van der Waals surface area contributed by atoms with Gasteiger partial charge in [0.2, 0.25) is 0 Å². The Morgan fingerprint density at radius 2 is 0.956 bits per heavy atom. The number of rotatable bonds is 2. The first kappa shape index (κ1) is 26.3. The minimum atomic E-state index is -0.0568. The van der Waals surface area contributed by atoms with Gasteiger partial charge in [-0.25, -0.2) is 0 Å². The van der Waals surface area contributed by atoms with Crippen LogP contribution in [0.1, 0.15) is 38.8 Å². The van der Waals surface area contributed by atoms with Gasteiger partial charge >= 0.3 is 0 Å². The van der Waals surface area contributed by atoms with Gasteiger partial charge in [0.15, 0.2) is 0 Å². The Morgan fingerprint density at radius 3 is 1.64 bits per heavy atom. The van der Waals surface area contributed by atoms with E-state index < -0.39 is 0 Å². The van der Waals surface area contributed by atoms with E-state index in [1.165, 1.54) is 82.4 Å². The summed E-state index contributed by atoms with van der Waals surface area (Å²) in [5.74, 6) is 0. The molecule has 0 atom stereocenters. The highest BCUT2D eigenvalue weighted by Crippen LogP contribution is 2.55. The number of benzene rings is 7. The summed E-state index contributed by atoms with van der Waals surface area (Å²) in [4.78, 5) is 0. The molecule has 0 unspecified atom stereocenters. The molecule has 0 spiro atoms. The van der Waals surface area contributed by atoms with Gasteiger partial charge in [-0.15, -0.1) is 0 Å². The maximum Gasteiger partial charge on any atom is 0.0541 e. The second-order valence-electron chi connectivity index (χ2n) is 13.8. The first-order valence-electron chi connectivity index (χ1n) is 16.0. The molecule has 1 heterocycles. The van der Waals surface area contributed by atoms with E-state index in [2.05, 4.69) is 172 Å². The lowest BCUT2D eigenvalue weighted by molar-refractivity contribution is 0.299. The molecule has 0 radical (unpaired) electrons. The smallest absolute Gasteiger partial charge is 0.0541 e. The second-order valence-corrected chi connectivity index (χ2v) is 13.8. The molecule has 0 saturated carbocycles. The summed E-state index contributed by atoms with van der Waals surface area (Å²) < 4.78 is 2.39. The van der Waals surface area contributed by atoms with Crippen LogP contribution in [0.3, 0.4) is 0 Å². The van der Waals surface area contributed by atoms with E-state index in [1.807, 2.05) is 0 Å². The van der Waals surface area contributed by atoms with E-state index in [-0.39, 0.29) is 10.8 Å². The maximum absolute atomic E-state index is 2.46. The van der Waals surface area contributed by atoms with E-state index in [0.29, 0.717) is 0 Å². The van der Waals surface area contributed by atoms with E-state index in [0.717, 1.165) is 0 Å². The predicted octanol–water partition coefficient (Wildman–Crippen LogP) is 12.0. The van der Waals surface area contributed by atoms with Crippen molar-refractivity contribution in [2.75, 3.05) is 0 Å². The summed E-state index contributed by atoms with van der Waals surface area (Å²) in [6, 6.07) is 51.9. The zero-order chi connectivity index (χ0) is 30.5. The van der Waals surface area contributed by atoms with Crippen LogP contribution in [-0.2, 0) is 10.8 Å². The molecule has 7 aromatic carbocycles. The van der Waals surface area contributed by atoms with Crippen molar-refractivity contribution in [2.45, 2.75) is 38.5 Å². The first-order chi connectivity index (χ1) is 21.8. The Labute approximate surface area is 264 Å². The zero-order valence-corrected chi connectivity index (χ0v) is 26.2. The predicted molar refractivity (Wildman–Crippen MR) is 193 cm³/mol. The van der Waals surface area contributed by atoms with Gasteiger partial charge in [0.1, 0.15) is 0 Å². The van der Waals surface area contributed by atoms with Crippen LogP contribution in [0.4, 0.5) is 0 Å². The van der Waals surface area contributed by atoms with Gasteiger partial charge in [-0.3, -0.25) is 0 Å². The van der Waals surface area contributed by atoms with E-state index >= 15 is 0 Å². The average Bonchev–Trinajstić information content (AvgIpc) is 3.41. The molecule has 1 aliphatic rings. The fourth-order valence-electron chi connectivity index (χ4n) is 7.95. The van der Waals surface area contributed by atoms with Gasteiger partial charge < -0.3 is 4.57 Å². The quantitative estimate of drug-likeness (QED) is 0.180. The molecule has 9 rings (SSSR count). The number of aromatic nitrogens is 1. The third-order valence-electron chi connectivity index (χ3n) is 11.1. The van der Waals surface area contributed by atoms with Crippen LogP contribution in [0.25, 0.3) is 71.3 Å². The third kappa shape index (κ3) is 3.61. The molecule has 0 aliphatic heterocycles. The van der Waals surface area contributed by atoms with Gasteiger partial charge in [0.05, 0.1) is 11.0 Å². The molecule has 45 heavy (non-hydrogen) atoms. The molecule has 1 aromatic heterocycles. The van der Waals surface area contributed by atoms with Crippen LogP contribution in [-0.4, -0.2) is 4.57 Å². The van der Waals surface area contributed by atoms with Crippen molar-refractivity contribution in [3.63, 3.8) is 0 Å². The highest BCUT2D eigenvalue weighted by Gasteiger charge is 2.46. The molecule has 1 heteroatoms. The third-order valence-corrected chi connectivity index (χ3v) is 11.1. The average molecular weight is 578 g/mol. The second kappa shape index (κ2) is 9.19. The molecule has 1 nitrogen and oxygen atoms in total. The minimum Gasteiger partial charge on any atom is -0.309 e. The van der Waals surface area contributed by atoms with Crippen molar-refractivity contribution in [1.29, 1.82) is 0 Å². The lowest BCUT2D eigenvalue weighted by Crippen LogP contribution is -2.43. The molecule has 0 N–H and O–H groups in total. The highest BCUT2D eigenvalue weighted by atomic mass is 15.0. The van der Waals surface area contributed by atoms with Crippen LogP contribution in [0.5, 0.6) is 0 Å². The number of hydrogen-bond acceptors (Lipinski definition) is 0. The van der Waals surface area contributed by atoms with Gasteiger partial charge in [0, 0.05) is 16.5 Å². The Balaban J connectivity index is 1.19. The van der Waals surface area contributed by atoms with Crippen LogP contribution in [0, 0.1) is 0 Å². The lowest BCUT2D eigenvalue weighted by Gasteiger charge is -2.48. The van der Waals surface area contributed by atoms with Crippen LogP contribution < -0.4 is 0 Å². The summed E-state index contributed by atoms with van der Waals surface area (Å²) in [5, 5.41) is 7.84. The van der Waals surface area contributed by atoms with Crippen LogP contribution >= 0.6 is 0 Å². The molecule has 216 valence electrons. The summed E-state index contributed by atoms with van der Waals surface area (Å²) in [7, 11) is 0. The molecule has 0 fully saturated rings. The highest BCUT2D eigenvalue weighted by molar-refractivity contribution is 6.10. The molecular formula is C44H35N. The monoisotopic (exact) mass is 577 g/mol. The van der Waals surface area contributed by atoms with Gasteiger partial charge in [0.25, 0.3) is 0 Å². The topological polar surface area (TPSA) is 4.93 Å². The van der Waals surface area contributed by atoms with Crippen molar-refractivity contribution in [2.24, 2.45) is 0 Å². The number of hydrogen-bond donors (Lipinski definition) is 0. The van der Waals surface area contributed by atoms with Crippen molar-refractivity contribution in [1.82, 2.24) is 4.57 Å². The summed E-state index contributed by atoms with van der Waals surface area (Å²) in [5.41, 5.74) is 11.6. The summed E-state index contributed by atoms with van der Waals surface area (Å²) in [6.07, 6.45) is 0. The molecule has 8 aromatic rings. The normalized spacial score (nSPS) is 15.0. The first-order valence-corrected chi connectivity index (χ1v) is 16.0. The van der Waals surface area contributed by atoms with Gasteiger partial charge in [-0.2, -0.15) is 0 Å². The molecule has 0 saturated heterocycles. The van der Waals surface area contributed by atoms with Crippen LogP contribution in [0.15, 0.2) is 140 Å². The zero-order valence-electron chi connectivity index (χ0n) is 26.2. The van der Waals surface area contributed by atoms with Crippen LogP contribution in [0.2, 0.25) is 0 Å². The SMILES string of the molecule is CC1(C)c2cc(-c3ccc(-n4c5ccccc5c5ccccc54)cc3)ccc2-c2cc3c(ccc4ccccc43)cc2C1(C)C. The Hall–Kier alpha value is -5.14. The van der Waals surface area contributed by atoms with E-state index in [9.17, 15) is 0 Å². The van der Waals surface area contributed by atoms with Crippen molar-refractivity contribution in [3.8, 4) is 27.9 Å². The Bertz CT molecular complexity index is 2420. The van der Waals surface area contributed by atoms with Crippen molar-refractivity contribution >= 4 is 43.4 Å². The van der Waals surface area contributed by atoms with Crippen molar-refractivity contribution in [3.05, 3.63) is 151 Å². The molecule has 1 aliphatic carbocycles. The van der Waals surface area contributed by atoms with Crippen molar-refractivity contribution < 1.29 is 0 Å². The Kier molecular flexibility index (Phi) is 5.37. The lowest BCUT2D eigenvalue weighted by atomic mass is 9.55. The summed E-state index contributed by atoms with van der Waals surface area (Å²) in [6.45, 7) is 9.70. The van der Waals surface area contributed by atoms with E-state index in [4.69, 9.17) is 0 Å². The maximum atomic E-state index is 2.46. The molecular weight excluding hydrogens is 542 g/mol. The fourth-order valence-corrected chi connectivity index (χ4v) is 7.95. The number of nitrogens with zero attached hydrogens (tertiary/aromatic N) is 1. The number of fused-ring (bicyclic) bond motifs is 9. The van der Waals surface area contributed by atoms with E-state index in [1.54, 1.807) is 0 Å². The van der Waals surface area contributed by atoms with Gasteiger partial charge in [-0.1, -0.05) is 125 Å². The van der Waals surface area contributed by atoms with Gasteiger partial charge in [-0.05, 0) is 108 Å². The standard InChI is InChI=1S/C44H35N/c1-43(2)39-25-30(28-19-22-32(23-20-28)45-41-15-9-7-13-35(41)36-14-8-10-16-42(36)45)21-24-34(39)38-27-37-31(26-40(38)44(43,3)4)18-17-29-11-5-6-12-33(29)37/h5-27H,1-4H3. The Morgan fingerprint density at radius 1 is 0.400 bits per heavy atom. The summed E-state index contributed by atoms with van der Waals surface area (Å²) >= 11 is 0. The minimum absolute atomic E-state index is 0.0474. The number of para-hydroxylation sites is 2.